The number of rotatable bonds is 5. The topological polar surface area (TPSA) is 84.5 Å². The standard InChI is InChI=1S/C17H16N2O4/c18-10-14(12-8-9-21-11-12)19-17(20)15-6-7-16(23-15)22-13-4-2-1-3-5-13/h1-7,12,14H,8-9,11H2,(H,19,20)/t12-,14+/m0/s1. The number of nitrogens with zero attached hydrogens (tertiary/aromatic N) is 1. The second kappa shape index (κ2) is 6.99. The largest absolute Gasteiger partial charge is 0.426 e. The van der Waals surface area contributed by atoms with Crippen molar-refractivity contribution < 1.29 is 18.7 Å². The fraction of sp³-hybridized carbons (Fsp3) is 0.294. The Bertz CT molecular complexity index is 699. The van der Waals surface area contributed by atoms with Crippen molar-refractivity contribution in [3.8, 4) is 17.8 Å². The number of hydrogen-bond acceptors (Lipinski definition) is 5. The summed E-state index contributed by atoms with van der Waals surface area (Å²) >= 11 is 0. The summed E-state index contributed by atoms with van der Waals surface area (Å²) in [5.74, 6) is 0.520. The number of amides is 1. The highest BCUT2D eigenvalue weighted by molar-refractivity contribution is 5.92. The zero-order valence-electron chi connectivity index (χ0n) is 12.4. The Morgan fingerprint density at radius 3 is 2.83 bits per heavy atom. The third-order valence-electron chi connectivity index (χ3n) is 3.63. The lowest BCUT2D eigenvalue weighted by Gasteiger charge is -2.15. The van der Waals surface area contributed by atoms with Crippen LogP contribution in [0.3, 0.4) is 0 Å². The van der Waals surface area contributed by atoms with Crippen molar-refractivity contribution in [2.24, 2.45) is 5.92 Å². The molecule has 1 aromatic heterocycles. The van der Waals surface area contributed by atoms with Gasteiger partial charge in [-0.25, -0.2) is 0 Å². The zero-order chi connectivity index (χ0) is 16.1. The van der Waals surface area contributed by atoms with Crippen molar-refractivity contribution in [2.75, 3.05) is 13.2 Å². The van der Waals surface area contributed by atoms with Crippen molar-refractivity contribution in [3.05, 3.63) is 48.2 Å². The molecular weight excluding hydrogens is 296 g/mol. The van der Waals surface area contributed by atoms with Gasteiger partial charge in [0, 0.05) is 18.6 Å². The average molecular weight is 312 g/mol. The molecule has 6 nitrogen and oxygen atoms in total. The van der Waals surface area contributed by atoms with E-state index in [1.165, 1.54) is 6.07 Å². The van der Waals surface area contributed by atoms with E-state index in [2.05, 4.69) is 11.4 Å². The lowest BCUT2D eigenvalue weighted by Crippen LogP contribution is -2.39. The molecule has 1 fully saturated rings. The van der Waals surface area contributed by atoms with Crippen LogP contribution in [0.15, 0.2) is 46.9 Å². The molecule has 23 heavy (non-hydrogen) atoms. The van der Waals surface area contributed by atoms with Crippen molar-refractivity contribution in [1.82, 2.24) is 5.32 Å². The second-order valence-electron chi connectivity index (χ2n) is 5.24. The Balaban J connectivity index is 1.63. The lowest BCUT2D eigenvalue weighted by molar-refractivity contribution is 0.0898. The molecule has 2 heterocycles. The maximum atomic E-state index is 12.2. The van der Waals surface area contributed by atoms with Crippen LogP contribution in [0.4, 0.5) is 0 Å². The molecule has 3 rings (SSSR count). The van der Waals surface area contributed by atoms with Gasteiger partial charge in [-0.15, -0.1) is 0 Å². The van der Waals surface area contributed by atoms with Crippen LogP contribution >= 0.6 is 0 Å². The Hall–Kier alpha value is -2.78. The van der Waals surface area contributed by atoms with Gasteiger partial charge in [-0.2, -0.15) is 5.26 Å². The predicted octanol–water partition coefficient (Wildman–Crippen LogP) is 2.73. The Morgan fingerprint density at radius 2 is 2.13 bits per heavy atom. The predicted molar refractivity (Wildman–Crippen MR) is 81.0 cm³/mol. The van der Waals surface area contributed by atoms with E-state index in [0.717, 1.165) is 6.42 Å². The van der Waals surface area contributed by atoms with E-state index < -0.39 is 11.9 Å². The molecule has 2 atom stereocenters. The third-order valence-corrected chi connectivity index (χ3v) is 3.63. The molecule has 6 heteroatoms. The monoisotopic (exact) mass is 312 g/mol. The molecular formula is C17H16N2O4. The van der Waals surface area contributed by atoms with Crippen LogP contribution < -0.4 is 10.1 Å². The van der Waals surface area contributed by atoms with E-state index in [0.29, 0.717) is 19.0 Å². The van der Waals surface area contributed by atoms with Crippen LogP contribution in [0.1, 0.15) is 17.0 Å². The molecule has 1 amide bonds. The number of nitrogens with one attached hydrogen (secondary N) is 1. The van der Waals surface area contributed by atoms with E-state index >= 15 is 0 Å². The molecule has 0 aliphatic carbocycles. The maximum Gasteiger partial charge on any atom is 0.290 e. The summed E-state index contributed by atoms with van der Waals surface area (Å²) in [6.07, 6.45) is 0.763. The number of carbonyl (C=O) groups is 1. The van der Waals surface area contributed by atoms with Gasteiger partial charge < -0.3 is 19.2 Å². The number of ether oxygens (including phenoxy) is 2. The highest BCUT2D eigenvalue weighted by atomic mass is 16.6. The van der Waals surface area contributed by atoms with Gasteiger partial charge in [0.15, 0.2) is 5.76 Å². The number of carbonyl (C=O) groups excluding carboxylic acids is 1. The van der Waals surface area contributed by atoms with Gasteiger partial charge in [-0.3, -0.25) is 4.79 Å². The molecule has 1 aromatic carbocycles. The summed E-state index contributed by atoms with van der Waals surface area (Å²) in [4.78, 5) is 12.2. The summed E-state index contributed by atoms with van der Waals surface area (Å²) in [6.45, 7) is 1.10. The minimum Gasteiger partial charge on any atom is -0.426 e. The maximum absolute atomic E-state index is 12.2. The first-order valence-electron chi connectivity index (χ1n) is 7.37. The van der Waals surface area contributed by atoms with E-state index in [9.17, 15) is 10.1 Å². The molecule has 118 valence electrons. The summed E-state index contributed by atoms with van der Waals surface area (Å²) in [7, 11) is 0. The molecule has 1 N–H and O–H groups in total. The molecule has 1 saturated heterocycles. The number of hydrogen-bond donors (Lipinski definition) is 1. The normalized spacial score (nSPS) is 18.1. The minimum absolute atomic E-state index is 0.0129. The fourth-order valence-corrected chi connectivity index (χ4v) is 2.39. The van der Waals surface area contributed by atoms with Gasteiger partial charge in [-0.1, -0.05) is 18.2 Å². The second-order valence-corrected chi connectivity index (χ2v) is 5.24. The zero-order valence-corrected chi connectivity index (χ0v) is 12.4. The van der Waals surface area contributed by atoms with Crippen molar-refractivity contribution in [2.45, 2.75) is 12.5 Å². The summed E-state index contributed by atoms with van der Waals surface area (Å²) in [5.41, 5.74) is 0. The smallest absolute Gasteiger partial charge is 0.290 e. The first-order chi connectivity index (χ1) is 11.3. The number of nitriles is 1. The van der Waals surface area contributed by atoms with Gasteiger partial charge in [0.1, 0.15) is 11.8 Å². The molecule has 0 bridgehead atoms. The molecule has 0 saturated carbocycles. The van der Waals surface area contributed by atoms with Gasteiger partial charge in [-0.05, 0) is 24.6 Å². The van der Waals surface area contributed by atoms with Gasteiger partial charge in [0.2, 0.25) is 0 Å². The Morgan fingerprint density at radius 1 is 1.30 bits per heavy atom. The summed E-state index contributed by atoms with van der Waals surface area (Å²) < 4.78 is 16.1. The van der Waals surface area contributed by atoms with Crippen LogP contribution in [-0.4, -0.2) is 25.2 Å². The number of benzene rings is 1. The number of furan rings is 1. The highest BCUT2D eigenvalue weighted by Crippen LogP contribution is 2.24. The van der Waals surface area contributed by atoms with E-state index in [-0.39, 0.29) is 17.6 Å². The minimum atomic E-state index is -0.589. The molecule has 0 spiro atoms. The van der Waals surface area contributed by atoms with Gasteiger partial charge in [0.25, 0.3) is 11.9 Å². The van der Waals surface area contributed by atoms with E-state index in [1.54, 1.807) is 18.2 Å². The number of para-hydroxylation sites is 1. The van der Waals surface area contributed by atoms with E-state index in [4.69, 9.17) is 13.9 Å². The van der Waals surface area contributed by atoms with Crippen molar-refractivity contribution >= 4 is 5.91 Å². The van der Waals surface area contributed by atoms with Crippen molar-refractivity contribution in [3.63, 3.8) is 0 Å². The van der Waals surface area contributed by atoms with Crippen molar-refractivity contribution in [1.29, 1.82) is 5.26 Å². The third kappa shape index (κ3) is 3.71. The first-order valence-corrected chi connectivity index (χ1v) is 7.37. The van der Waals surface area contributed by atoms with Crippen LogP contribution in [0.2, 0.25) is 0 Å². The summed E-state index contributed by atoms with van der Waals surface area (Å²) in [6, 6.07) is 13.7. The van der Waals surface area contributed by atoms with E-state index in [1.807, 2.05) is 18.2 Å². The average Bonchev–Trinajstić information content (AvgIpc) is 3.25. The molecule has 0 unspecified atom stereocenters. The molecule has 2 aromatic rings. The van der Waals surface area contributed by atoms with Crippen LogP contribution in [0.5, 0.6) is 11.7 Å². The quantitative estimate of drug-likeness (QED) is 0.917. The lowest BCUT2D eigenvalue weighted by atomic mass is 10.0. The fourth-order valence-electron chi connectivity index (χ4n) is 2.39. The Labute approximate surface area is 133 Å². The first kappa shape index (κ1) is 15.1. The Kier molecular flexibility index (Phi) is 4.60. The van der Waals surface area contributed by atoms with Gasteiger partial charge >= 0.3 is 0 Å². The molecule has 1 aliphatic heterocycles. The molecule has 0 radical (unpaired) electrons. The highest BCUT2D eigenvalue weighted by Gasteiger charge is 2.28. The summed E-state index contributed by atoms with van der Waals surface area (Å²) in [5, 5.41) is 11.9. The molecule has 1 aliphatic rings. The van der Waals surface area contributed by atoms with Crippen LogP contribution in [0.25, 0.3) is 0 Å². The van der Waals surface area contributed by atoms with Gasteiger partial charge in [0.05, 0.1) is 12.7 Å². The SMILES string of the molecule is N#C[C@@H](NC(=O)c1ccc(Oc2ccccc2)o1)[C@H]1CCOC1. The van der Waals surface area contributed by atoms with Crippen LogP contribution in [-0.2, 0) is 4.74 Å². The van der Waals surface area contributed by atoms with Crippen LogP contribution in [0, 0.1) is 17.2 Å².